The highest BCUT2D eigenvalue weighted by molar-refractivity contribution is 6.32. The van der Waals surface area contributed by atoms with Crippen molar-refractivity contribution in [3.05, 3.63) is 82.4 Å². The fourth-order valence-corrected chi connectivity index (χ4v) is 3.35. The van der Waals surface area contributed by atoms with E-state index >= 15 is 0 Å². The summed E-state index contributed by atoms with van der Waals surface area (Å²) in [7, 11) is 1.50. The van der Waals surface area contributed by atoms with Crippen LogP contribution in [0.5, 0.6) is 11.5 Å². The van der Waals surface area contributed by atoms with Gasteiger partial charge in [0.25, 0.3) is 11.8 Å². The molecule has 0 aliphatic carbocycles. The lowest BCUT2D eigenvalue weighted by Gasteiger charge is -2.15. The largest absolute Gasteiger partial charge is 0.493 e. The summed E-state index contributed by atoms with van der Waals surface area (Å²) in [5.74, 6) is 0.212. The van der Waals surface area contributed by atoms with Crippen molar-refractivity contribution in [2.24, 2.45) is 0 Å². The molecule has 0 aromatic heterocycles. The Kier molecular flexibility index (Phi) is 7.73. The zero-order valence-electron chi connectivity index (χ0n) is 18.2. The molecular formula is C25H25ClN2O4. The normalized spacial score (nSPS) is 10.4. The lowest BCUT2D eigenvalue weighted by molar-refractivity contribution is 0.101. The quantitative estimate of drug-likeness (QED) is 0.442. The Morgan fingerprint density at radius 3 is 2.12 bits per heavy atom. The minimum atomic E-state index is -0.359. The number of carbonyl (C=O) groups excluding carboxylic acids is 2. The molecule has 166 valence electrons. The second-order valence-electron chi connectivity index (χ2n) is 7.09. The summed E-state index contributed by atoms with van der Waals surface area (Å²) in [4.78, 5) is 25.4. The summed E-state index contributed by atoms with van der Waals surface area (Å²) in [6.07, 6.45) is 0.818. The SMILES string of the molecule is CCCOc1c(Cl)cc(C(=O)Nc2cccc(NC(=O)c3ccccc3)c2C)cc1OC. The number of carbonyl (C=O) groups is 2. The van der Waals surface area contributed by atoms with Gasteiger partial charge in [-0.1, -0.05) is 42.8 Å². The molecule has 3 aromatic rings. The van der Waals surface area contributed by atoms with Crippen molar-refractivity contribution in [1.82, 2.24) is 0 Å². The highest BCUT2D eigenvalue weighted by Crippen LogP contribution is 2.37. The van der Waals surface area contributed by atoms with E-state index in [9.17, 15) is 9.59 Å². The summed E-state index contributed by atoms with van der Waals surface area (Å²) < 4.78 is 11.0. The standard InChI is InChI=1S/C25H25ClN2O4/c1-4-13-32-23-19(26)14-18(15-22(23)31-3)25(30)28-21-12-8-11-20(16(21)2)27-24(29)17-9-6-5-7-10-17/h5-12,14-15H,4,13H2,1-3H3,(H,27,29)(H,28,30). The average molecular weight is 453 g/mol. The van der Waals surface area contributed by atoms with E-state index in [-0.39, 0.29) is 11.8 Å². The molecule has 2 amide bonds. The van der Waals surface area contributed by atoms with Gasteiger partial charge in [0.15, 0.2) is 11.5 Å². The van der Waals surface area contributed by atoms with E-state index in [0.29, 0.717) is 45.6 Å². The van der Waals surface area contributed by atoms with Crippen LogP contribution in [-0.4, -0.2) is 25.5 Å². The number of hydrogen-bond acceptors (Lipinski definition) is 4. The van der Waals surface area contributed by atoms with Gasteiger partial charge in [0.05, 0.1) is 18.7 Å². The Bertz CT molecular complexity index is 1120. The van der Waals surface area contributed by atoms with Crippen molar-refractivity contribution in [2.75, 3.05) is 24.4 Å². The fourth-order valence-electron chi connectivity index (χ4n) is 3.08. The van der Waals surface area contributed by atoms with Crippen LogP contribution in [0, 0.1) is 6.92 Å². The molecule has 2 N–H and O–H groups in total. The minimum Gasteiger partial charge on any atom is -0.493 e. The van der Waals surface area contributed by atoms with Crippen molar-refractivity contribution in [3.8, 4) is 11.5 Å². The molecule has 0 aliphatic rings. The first-order valence-corrected chi connectivity index (χ1v) is 10.6. The van der Waals surface area contributed by atoms with Gasteiger partial charge >= 0.3 is 0 Å². The Balaban J connectivity index is 1.80. The number of nitrogens with one attached hydrogen (secondary N) is 2. The third-order valence-corrected chi connectivity index (χ3v) is 5.09. The molecule has 0 unspecified atom stereocenters. The van der Waals surface area contributed by atoms with Gasteiger partial charge in [0.2, 0.25) is 0 Å². The van der Waals surface area contributed by atoms with Crippen LogP contribution in [-0.2, 0) is 0 Å². The summed E-state index contributed by atoms with van der Waals surface area (Å²) in [5, 5.41) is 6.06. The van der Waals surface area contributed by atoms with Gasteiger partial charge in [-0.2, -0.15) is 0 Å². The lowest BCUT2D eigenvalue weighted by atomic mass is 10.1. The molecule has 0 bridgehead atoms. The van der Waals surface area contributed by atoms with Crippen LogP contribution in [0.4, 0.5) is 11.4 Å². The fraction of sp³-hybridized carbons (Fsp3) is 0.200. The third kappa shape index (κ3) is 5.39. The zero-order valence-corrected chi connectivity index (χ0v) is 19.0. The highest BCUT2D eigenvalue weighted by atomic mass is 35.5. The van der Waals surface area contributed by atoms with Crippen LogP contribution in [0.1, 0.15) is 39.6 Å². The first-order chi connectivity index (χ1) is 15.4. The molecule has 0 heterocycles. The number of rotatable bonds is 8. The molecule has 32 heavy (non-hydrogen) atoms. The van der Waals surface area contributed by atoms with E-state index < -0.39 is 0 Å². The van der Waals surface area contributed by atoms with Crippen molar-refractivity contribution >= 4 is 34.8 Å². The number of anilines is 2. The Hall–Kier alpha value is -3.51. The molecule has 0 spiro atoms. The second-order valence-corrected chi connectivity index (χ2v) is 7.50. The second kappa shape index (κ2) is 10.7. The molecule has 0 atom stereocenters. The molecule has 0 radical (unpaired) electrons. The molecule has 0 aliphatic heterocycles. The zero-order chi connectivity index (χ0) is 23.1. The Labute approximate surface area is 192 Å². The number of amides is 2. The number of methoxy groups -OCH3 is 1. The van der Waals surface area contributed by atoms with Crippen molar-refractivity contribution in [3.63, 3.8) is 0 Å². The number of ether oxygens (including phenoxy) is 2. The summed E-state index contributed by atoms with van der Waals surface area (Å²) in [6.45, 7) is 4.30. The van der Waals surface area contributed by atoms with Gasteiger partial charge in [-0.15, -0.1) is 0 Å². The predicted molar refractivity (Wildman–Crippen MR) is 127 cm³/mol. The molecule has 3 aromatic carbocycles. The summed E-state index contributed by atoms with van der Waals surface area (Å²) in [5.41, 5.74) is 2.78. The van der Waals surface area contributed by atoms with Crippen molar-refractivity contribution < 1.29 is 19.1 Å². The highest BCUT2D eigenvalue weighted by Gasteiger charge is 2.17. The smallest absolute Gasteiger partial charge is 0.255 e. The summed E-state index contributed by atoms with van der Waals surface area (Å²) in [6, 6.07) is 17.4. The molecule has 0 saturated carbocycles. The number of hydrogen-bond donors (Lipinski definition) is 2. The molecule has 3 rings (SSSR count). The molecule has 0 saturated heterocycles. The molecule has 6 nitrogen and oxygen atoms in total. The van der Waals surface area contributed by atoms with Crippen LogP contribution >= 0.6 is 11.6 Å². The maximum Gasteiger partial charge on any atom is 0.255 e. The average Bonchev–Trinajstić information content (AvgIpc) is 2.80. The van der Waals surface area contributed by atoms with E-state index in [1.165, 1.54) is 7.11 Å². The number of benzene rings is 3. The molecule has 7 heteroatoms. The van der Waals surface area contributed by atoms with E-state index in [1.54, 1.807) is 54.6 Å². The van der Waals surface area contributed by atoms with Gasteiger partial charge < -0.3 is 20.1 Å². The van der Waals surface area contributed by atoms with Crippen LogP contribution < -0.4 is 20.1 Å². The maximum absolute atomic E-state index is 12.9. The predicted octanol–water partition coefficient (Wildman–Crippen LogP) is 5.95. The first kappa shape index (κ1) is 23.2. The van der Waals surface area contributed by atoms with Crippen LogP contribution in [0.3, 0.4) is 0 Å². The van der Waals surface area contributed by atoms with E-state index in [4.69, 9.17) is 21.1 Å². The lowest BCUT2D eigenvalue weighted by Crippen LogP contribution is -2.16. The van der Waals surface area contributed by atoms with Crippen LogP contribution in [0.25, 0.3) is 0 Å². The topological polar surface area (TPSA) is 76.7 Å². The van der Waals surface area contributed by atoms with E-state index in [0.717, 1.165) is 12.0 Å². The van der Waals surface area contributed by atoms with Gasteiger partial charge in [0, 0.05) is 22.5 Å². The van der Waals surface area contributed by atoms with Gasteiger partial charge in [-0.3, -0.25) is 9.59 Å². The Morgan fingerprint density at radius 2 is 1.53 bits per heavy atom. The van der Waals surface area contributed by atoms with E-state index in [1.807, 2.05) is 19.9 Å². The van der Waals surface area contributed by atoms with E-state index in [2.05, 4.69) is 10.6 Å². The van der Waals surface area contributed by atoms with Crippen LogP contribution in [0.15, 0.2) is 60.7 Å². The summed E-state index contributed by atoms with van der Waals surface area (Å²) >= 11 is 6.34. The van der Waals surface area contributed by atoms with Crippen molar-refractivity contribution in [2.45, 2.75) is 20.3 Å². The minimum absolute atomic E-state index is 0.226. The monoisotopic (exact) mass is 452 g/mol. The Morgan fingerprint density at radius 1 is 0.906 bits per heavy atom. The molecular weight excluding hydrogens is 428 g/mol. The van der Waals surface area contributed by atoms with Crippen molar-refractivity contribution in [1.29, 1.82) is 0 Å². The van der Waals surface area contributed by atoms with Gasteiger partial charge in [-0.25, -0.2) is 0 Å². The van der Waals surface area contributed by atoms with Gasteiger partial charge in [-0.05, 0) is 55.3 Å². The molecule has 0 fully saturated rings. The maximum atomic E-state index is 12.9. The van der Waals surface area contributed by atoms with Crippen LogP contribution in [0.2, 0.25) is 5.02 Å². The number of halogens is 1. The third-order valence-electron chi connectivity index (χ3n) is 4.81. The first-order valence-electron chi connectivity index (χ1n) is 10.2. The van der Waals surface area contributed by atoms with Gasteiger partial charge in [0.1, 0.15) is 0 Å².